The van der Waals surface area contributed by atoms with Crippen molar-refractivity contribution in [2.24, 2.45) is 0 Å². The summed E-state index contributed by atoms with van der Waals surface area (Å²) in [5.41, 5.74) is 2.28. The van der Waals surface area contributed by atoms with E-state index >= 15 is 0 Å². The van der Waals surface area contributed by atoms with E-state index in [1.807, 2.05) is 48.5 Å². The van der Waals surface area contributed by atoms with Gasteiger partial charge in [-0.05, 0) is 23.3 Å². The van der Waals surface area contributed by atoms with E-state index < -0.39 is 11.2 Å². The Morgan fingerprint density at radius 1 is 0.905 bits per heavy atom. The average Bonchev–Trinajstić information content (AvgIpc) is 2.53. The third kappa shape index (κ3) is 5.12. The zero-order valence-electron chi connectivity index (χ0n) is 11.8. The van der Waals surface area contributed by atoms with Crippen molar-refractivity contribution < 1.29 is 4.55 Å². The van der Waals surface area contributed by atoms with E-state index in [0.29, 0.717) is 10.7 Å². The molecule has 2 aromatic rings. The van der Waals surface area contributed by atoms with Gasteiger partial charge in [0.25, 0.3) is 0 Å². The van der Waals surface area contributed by atoms with E-state index in [1.54, 1.807) is 11.8 Å². The van der Waals surface area contributed by atoms with Gasteiger partial charge >= 0.3 is 0 Å². The van der Waals surface area contributed by atoms with Crippen LogP contribution in [0, 0.1) is 0 Å². The summed E-state index contributed by atoms with van der Waals surface area (Å²) in [4.78, 5) is 1.42. The second-order valence-electron chi connectivity index (χ2n) is 4.60. The molecule has 21 heavy (non-hydrogen) atoms. The molecule has 0 amide bonds. The van der Waals surface area contributed by atoms with Crippen molar-refractivity contribution in [1.82, 2.24) is 0 Å². The Balaban J connectivity index is 1.85. The van der Waals surface area contributed by atoms with Gasteiger partial charge in [-0.3, -0.25) is 0 Å². The van der Waals surface area contributed by atoms with Crippen LogP contribution in [0.25, 0.3) is 0 Å². The Labute approximate surface area is 134 Å². The Morgan fingerprint density at radius 2 is 1.43 bits per heavy atom. The van der Waals surface area contributed by atoms with Crippen LogP contribution in [0.5, 0.6) is 0 Å². The van der Waals surface area contributed by atoms with Crippen LogP contribution in [-0.4, -0.2) is 4.55 Å². The summed E-state index contributed by atoms with van der Waals surface area (Å²) in [6.07, 6.45) is 0. The minimum absolute atomic E-state index is 0.491. The van der Waals surface area contributed by atoms with Crippen LogP contribution < -0.4 is 0 Å². The maximum Gasteiger partial charge on any atom is 0.158 e. The van der Waals surface area contributed by atoms with Crippen molar-refractivity contribution in [2.45, 2.75) is 11.5 Å². The molecule has 1 nitrogen and oxygen atoms in total. The van der Waals surface area contributed by atoms with Crippen molar-refractivity contribution in [1.29, 1.82) is 0 Å². The molecule has 0 bridgehead atoms. The molecule has 0 saturated carbocycles. The highest BCUT2D eigenvalue weighted by atomic mass is 32.2. The lowest BCUT2D eigenvalue weighted by Crippen LogP contribution is -2.07. The summed E-state index contributed by atoms with van der Waals surface area (Å²) < 4.78 is 12.3. The van der Waals surface area contributed by atoms with Gasteiger partial charge in [0.1, 0.15) is 5.75 Å². The number of hydrogen-bond acceptors (Lipinski definition) is 2. The second kappa shape index (κ2) is 8.13. The maximum atomic E-state index is 12.3. The molecule has 1 unspecified atom stereocenters. The molecule has 0 aliphatic heterocycles. The van der Waals surface area contributed by atoms with E-state index in [4.69, 9.17) is 0 Å². The molecule has 0 aromatic heterocycles. The fourth-order valence-electron chi connectivity index (χ4n) is 1.76. The highest BCUT2D eigenvalue weighted by Crippen LogP contribution is 2.29. The molecular weight excluding hydrogens is 296 g/mol. The molecule has 0 N–H and O–H groups in total. The summed E-state index contributed by atoms with van der Waals surface area (Å²) in [5, 5.41) is 0. The van der Waals surface area contributed by atoms with Crippen LogP contribution in [0.3, 0.4) is 0 Å². The summed E-state index contributed by atoms with van der Waals surface area (Å²) in [6, 6.07) is 20.0. The highest BCUT2D eigenvalue weighted by molar-refractivity contribution is 8.05. The Kier molecular flexibility index (Phi) is 6.18. The summed E-state index contributed by atoms with van der Waals surface area (Å²) in [7, 11) is 0. The lowest BCUT2D eigenvalue weighted by Gasteiger charge is -2.14. The van der Waals surface area contributed by atoms with Crippen molar-refractivity contribution in [3.63, 3.8) is 0 Å². The SMILES string of the molecule is C=C(SCc1ccccc1)C(=C)[S+]([O-])Cc1ccccc1. The lowest BCUT2D eigenvalue weighted by molar-refractivity contribution is 0.601. The fraction of sp³-hybridized carbons (Fsp3) is 0.111. The lowest BCUT2D eigenvalue weighted by atomic mass is 10.2. The fourth-order valence-corrected chi connectivity index (χ4v) is 3.84. The summed E-state index contributed by atoms with van der Waals surface area (Å²) >= 11 is 0.471. The van der Waals surface area contributed by atoms with Gasteiger partial charge in [-0.2, -0.15) is 0 Å². The maximum absolute atomic E-state index is 12.3. The first-order valence-electron chi connectivity index (χ1n) is 6.64. The molecule has 3 heteroatoms. The Bertz CT molecular complexity index is 593. The number of hydrogen-bond donors (Lipinski definition) is 0. The van der Waals surface area contributed by atoms with Gasteiger partial charge < -0.3 is 4.55 Å². The number of rotatable bonds is 7. The standard InChI is InChI=1S/C18H18OS2/c1-15(20-13-17-9-5-3-6-10-17)16(2)21(19)14-18-11-7-4-8-12-18/h3-12H,1-2,13-14H2. The topological polar surface area (TPSA) is 23.1 Å². The van der Waals surface area contributed by atoms with Crippen LogP contribution in [0.1, 0.15) is 11.1 Å². The Morgan fingerprint density at radius 3 is 2.00 bits per heavy atom. The average molecular weight is 314 g/mol. The molecule has 0 fully saturated rings. The third-order valence-electron chi connectivity index (χ3n) is 2.98. The van der Waals surface area contributed by atoms with Gasteiger partial charge in [0.15, 0.2) is 4.91 Å². The van der Waals surface area contributed by atoms with E-state index in [9.17, 15) is 4.55 Å². The van der Waals surface area contributed by atoms with Crippen LogP contribution in [-0.2, 0) is 22.7 Å². The van der Waals surface area contributed by atoms with Gasteiger partial charge in [-0.1, -0.05) is 67.2 Å². The normalized spacial score (nSPS) is 11.9. The molecule has 2 aromatic carbocycles. The van der Waals surface area contributed by atoms with Crippen LogP contribution in [0.2, 0.25) is 0 Å². The number of benzene rings is 2. The van der Waals surface area contributed by atoms with E-state index in [0.717, 1.165) is 16.2 Å². The molecule has 0 heterocycles. The van der Waals surface area contributed by atoms with Crippen molar-refractivity contribution in [3.8, 4) is 0 Å². The minimum atomic E-state index is -1.12. The first-order valence-corrected chi connectivity index (χ1v) is 8.94. The first-order chi connectivity index (χ1) is 10.2. The molecule has 0 aliphatic carbocycles. The quantitative estimate of drug-likeness (QED) is 0.536. The van der Waals surface area contributed by atoms with Gasteiger partial charge in [0.05, 0.1) is 4.91 Å². The zero-order valence-corrected chi connectivity index (χ0v) is 13.5. The largest absolute Gasteiger partial charge is 0.611 e. The Hall–Kier alpha value is -1.42. The molecule has 108 valence electrons. The predicted octanol–water partition coefficient (Wildman–Crippen LogP) is 4.90. The first kappa shape index (κ1) is 16.0. The summed E-state index contributed by atoms with van der Waals surface area (Å²) in [6.45, 7) is 7.95. The van der Waals surface area contributed by atoms with E-state index in [1.165, 1.54) is 5.56 Å². The van der Waals surface area contributed by atoms with Gasteiger partial charge in [0, 0.05) is 11.3 Å². The monoisotopic (exact) mass is 314 g/mol. The third-order valence-corrected chi connectivity index (χ3v) is 5.58. The van der Waals surface area contributed by atoms with Crippen LogP contribution >= 0.6 is 11.8 Å². The van der Waals surface area contributed by atoms with Crippen molar-refractivity contribution in [2.75, 3.05) is 0 Å². The summed E-state index contributed by atoms with van der Waals surface area (Å²) in [5.74, 6) is 1.31. The smallest absolute Gasteiger partial charge is 0.158 e. The number of thioether (sulfide) groups is 1. The highest BCUT2D eigenvalue weighted by Gasteiger charge is 2.16. The molecule has 0 spiro atoms. The van der Waals surface area contributed by atoms with Gasteiger partial charge in [0.2, 0.25) is 0 Å². The van der Waals surface area contributed by atoms with E-state index in [-0.39, 0.29) is 0 Å². The van der Waals surface area contributed by atoms with Crippen LogP contribution in [0.15, 0.2) is 83.6 Å². The van der Waals surface area contributed by atoms with Gasteiger partial charge in [-0.25, -0.2) is 0 Å². The van der Waals surface area contributed by atoms with Crippen LogP contribution in [0.4, 0.5) is 0 Å². The van der Waals surface area contributed by atoms with Gasteiger partial charge in [-0.15, -0.1) is 11.8 Å². The molecular formula is C18H18OS2. The molecule has 0 radical (unpaired) electrons. The molecule has 2 rings (SSSR count). The minimum Gasteiger partial charge on any atom is -0.611 e. The molecule has 0 saturated heterocycles. The molecule has 0 aliphatic rings. The predicted molar refractivity (Wildman–Crippen MR) is 94.3 cm³/mol. The van der Waals surface area contributed by atoms with Crippen molar-refractivity contribution in [3.05, 3.63) is 94.8 Å². The van der Waals surface area contributed by atoms with E-state index in [2.05, 4.69) is 25.3 Å². The zero-order chi connectivity index (χ0) is 15.1. The second-order valence-corrected chi connectivity index (χ2v) is 7.14. The molecule has 1 atom stereocenters. The van der Waals surface area contributed by atoms with Crippen molar-refractivity contribution >= 4 is 22.9 Å².